The summed E-state index contributed by atoms with van der Waals surface area (Å²) in [6, 6.07) is 18.4. The van der Waals surface area contributed by atoms with Crippen molar-refractivity contribution in [3.05, 3.63) is 71.3 Å². The van der Waals surface area contributed by atoms with Gasteiger partial charge >= 0.3 is 0 Å². The van der Waals surface area contributed by atoms with E-state index < -0.39 is 0 Å². The first kappa shape index (κ1) is 13.5. The summed E-state index contributed by atoms with van der Waals surface area (Å²) in [5, 5.41) is 9.31. The summed E-state index contributed by atoms with van der Waals surface area (Å²) in [7, 11) is 0. The molecule has 0 aliphatic carbocycles. The average molecular weight is 228 g/mol. The van der Waals surface area contributed by atoms with Crippen molar-refractivity contribution in [3.63, 3.8) is 0 Å². The second kappa shape index (κ2) is 6.21. The summed E-state index contributed by atoms with van der Waals surface area (Å²) in [4.78, 5) is 0. The van der Waals surface area contributed by atoms with Gasteiger partial charge in [-0.1, -0.05) is 68.9 Å². The zero-order chi connectivity index (χ0) is 11.4. The van der Waals surface area contributed by atoms with Gasteiger partial charge in [0.05, 0.1) is 6.61 Å². The van der Waals surface area contributed by atoms with Crippen molar-refractivity contribution in [1.29, 1.82) is 0 Å². The Morgan fingerprint density at radius 1 is 0.941 bits per heavy atom. The smallest absolute Gasteiger partial charge is 0.0684 e. The fourth-order valence-electron chi connectivity index (χ4n) is 2.02. The molecule has 0 bridgehead atoms. The van der Waals surface area contributed by atoms with Gasteiger partial charge in [0, 0.05) is 5.92 Å². The van der Waals surface area contributed by atoms with Crippen molar-refractivity contribution >= 4 is 0 Å². The number of aliphatic hydroxyl groups is 1. The second-order valence-corrected chi connectivity index (χ2v) is 3.99. The molecule has 2 aromatic carbocycles. The molecule has 2 aromatic rings. The highest BCUT2D eigenvalue weighted by molar-refractivity contribution is 5.36. The Morgan fingerprint density at radius 2 is 1.53 bits per heavy atom. The highest BCUT2D eigenvalue weighted by Gasteiger charge is 2.10. The molecule has 0 fully saturated rings. The summed E-state index contributed by atoms with van der Waals surface area (Å²) in [6.07, 6.45) is 0. The molecule has 90 valence electrons. The summed E-state index contributed by atoms with van der Waals surface area (Å²) in [5.41, 5.74) is 3.50. The van der Waals surface area contributed by atoms with E-state index in [4.69, 9.17) is 0 Å². The standard InChI is InChI=1S/C15H16O.CH4/c1-12(13-7-3-2-4-8-13)15-10-6-5-9-14(15)11-16;/h2-10,12,16H,11H2,1H3;1H4. The first-order valence-electron chi connectivity index (χ1n) is 5.56. The predicted octanol–water partition coefficient (Wildman–Crippen LogP) is 3.97. The topological polar surface area (TPSA) is 20.2 Å². The molecule has 2 rings (SSSR count). The molecule has 0 saturated heterocycles. The van der Waals surface area contributed by atoms with Crippen LogP contribution >= 0.6 is 0 Å². The van der Waals surface area contributed by atoms with Crippen LogP contribution in [0.25, 0.3) is 0 Å². The third-order valence-corrected chi connectivity index (χ3v) is 2.99. The summed E-state index contributed by atoms with van der Waals surface area (Å²) < 4.78 is 0. The first-order valence-corrected chi connectivity index (χ1v) is 5.56. The van der Waals surface area contributed by atoms with E-state index in [0.29, 0.717) is 5.92 Å². The molecule has 1 nitrogen and oxygen atoms in total. The van der Waals surface area contributed by atoms with E-state index in [2.05, 4.69) is 25.1 Å². The minimum Gasteiger partial charge on any atom is -0.392 e. The van der Waals surface area contributed by atoms with Gasteiger partial charge < -0.3 is 5.11 Å². The largest absolute Gasteiger partial charge is 0.392 e. The molecule has 0 aliphatic rings. The zero-order valence-electron chi connectivity index (χ0n) is 9.43. The maximum absolute atomic E-state index is 9.31. The Morgan fingerprint density at radius 3 is 2.18 bits per heavy atom. The van der Waals surface area contributed by atoms with Crippen LogP contribution < -0.4 is 0 Å². The van der Waals surface area contributed by atoms with Gasteiger partial charge in [-0.05, 0) is 16.7 Å². The molecule has 17 heavy (non-hydrogen) atoms. The van der Waals surface area contributed by atoms with Crippen molar-refractivity contribution in [3.8, 4) is 0 Å². The van der Waals surface area contributed by atoms with E-state index >= 15 is 0 Å². The van der Waals surface area contributed by atoms with Crippen LogP contribution in [0.4, 0.5) is 0 Å². The second-order valence-electron chi connectivity index (χ2n) is 3.99. The summed E-state index contributed by atoms with van der Waals surface area (Å²) in [5.74, 6) is 0.324. The van der Waals surface area contributed by atoms with Crippen molar-refractivity contribution in [2.75, 3.05) is 0 Å². The van der Waals surface area contributed by atoms with E-state index in [1.807, 2.05) is 36.4 Å². The molecule has 1 heteroatoms. The van der Waals surface area contributed by atoms with Gasteiger partial charge in [-0.15, -0.1) is 0 Å². The van der Waals surface area contributed by atoms with Crippen molar-refractivity contribution in [1.82, 2.24) is 0 Å². The van der Waals surface area contributed by atoms with Crippen LogP contribution in [0.1, 0.15) is 37.0 Å². The van der Waals surface area contributed by atoms with Gasteiger partial charge in [-0.3, -0.25) is 0 Å². The monoisotopic (exact) mass is 228 g/mol. The molecule has 0 saturated carbocycles. The SMILES string of the molecule is C.CC(c1ccccc1)c1ccccc1CO. The minimum atomic E-state index is 0. The zero-order valence-corrected chi connectivity index (χ0v) is 9.43. The molecule has 1 N–H and O–H groups in total. The molecule has 0 heterocycles. The van der Waals surface area contributed by atoms with Gasteiger partial charge in [0.15, 0.2) is 0 Å². The Hall–Kier alpha value is -1.60. The lowest BCUT2D eigenvalue weighted by atomic mass is 9.90. The molecule has 1 atom stereocenters. The van der Waals surface area contributed by atoms with E-state index in [9.17, 15) is 5.11 Å². The van der Waals surface area contributed by atoms with Gasteiger partial charge in [-0.2, -0.15) is 0 Å². The lowest BCUT2D eigenvalue weighted by molar-refractivity contribution is 0.280. The Bertz CT molecular complexity index is 448. The highest BCUT2D eigenvalue weighted by Crippen LogP contribution is 2.26. The molecule has 0 aromatic heterocycles. The van der Waals surface area contributed by atoms with Crippen LogP contribution in [0.3, 0.4) is 0 Å². The lowest BCUT2D eigenvalue weighted by Gasteiger charge is -2.15. The fourth-order valence-corrected chi connectivity index (χ4v) is 2.02. The van der Waals surface area contributed by atoms with Crippen LogP contribution in [-0.4, -0.2) is 5.11 Å². The fraction of sp³-hybridized carbons (Fsp3) is 0.250. The van der Waals surface area contributed by atoms with E-state index in [1.54, 1.807) is 0 Å². The normalized spacial score (nSPS) is 11.6. The van der Waals surface area contributed by atoms with E-state index in [0.717, 1.165) is 5.56 Å². The lowest BCUT2D eigenvalue weighted by Crippen LogP contribution is -2.00. The highest BCUT2D eigenvalue weighted by atomic mass is 16.3. The number of hydrogen-bond donors (Lipinski definition) is 1. The minimum absolute atomic E-state index is 0. The molecule has 0 aliphatic heterocycles. The van der Waals surface area contributed by atoms with Crippen LogP contribution in [0.2, 0.25) is 0 Å². The van der Waals surface area contributed by atoms with Gasteiger partial charge in [0.1, 0.15) is 0 Å². The average Bonchev–Trinajstić information content (AvgIpc) is 2.39. The van der Waals surface area contributed by atoms with Crippen LogP contribution in [0, 0.1) is 0 Å². The quantitative estimate of drug-likeness (QED) is 0.843. The number of aliphatic hydroxyl groups excluding tert-OH is 1. The molecular weight excluding hydrogens is 208 g/mol. The molecule has 0 spiro atoms. The number of hydrogen-bond acceptors (Lipinski definition) is 1. The maximum atomic E-state index is 9.31. The number of benzene rings is 2. The van der Waals surface area contributed by atoms with Crippen molar-refractivity contribution < 1.29 is 5.11 Å². The summed E-state index contributed by atoms with van der Waals surface area (Å²) in [6.45, 7) is 2.27. The third-order valence-electron chi connectivity index (χ3n) is 2.99. The first-order chi connectivity index (χ1) is 7.83. The molecule has 0 amide bonds. The summed E-state index contributed by atoms with van der Waals surface area (Å²) >= 11 is 0. The van der Waals surface area contributed by atoms with Crippen molar-refractivity contribution in [2.45, 2.75) is 26.9 Å². The van der Waals surface area contributed by atoms with Crippen LogP contribution in [0.15, 0.2) is 54.6 Å². The molecule has 1 unspecified atom stereocenters. The Kier molecular flexibility index (Phi) is 4.92. The Labute approximate surface area is 104 Å². The van der Waals surface area contributed by atoms with E-state index in [-0.39, 0.29) is 14.0 Å². The maximum Gasteiger partial charge on any atom is 0.0684 e. The van der Waals surface area contributed by atoms with E-state index in [1.165, 1.54) is 11.1 Å². The molecule has 0 radical (unpaired) electrons. The van der Waals surface area contributed by atoms with Crippen LogP contribution in [0.5, 0.6) is 0 Å². The van der Waals surface area contributed by atoms with Gasteiger partial charge in [-0.25, -0.2) is 0 Å². The third kappa shape index (κ3) is 2.95. The van der Waals surface area contributed by atoms with Gasteiger partial charge in [0.25, 0.3) is 0 Å². The predicted molar refractivity (Wildman–Crippen MR) is 73.1 cm³/mol. The Balaban J connectivity index is 0.00000144. The molecular formula is C16H20O. The van der Waals surface area contributed by atoms with Crippen LogP contribution in [-0.2, 0) is 6.61 Å². The van der Waals surface area contributed by atoms with Gasteiger partial charge in [0.2, 0.25) is 0 Å². The van der Waals surface area contributed by atoms with Crippen molar-refractivity contribution in [2.24, 2.45) is 0 Å². The number of rotatable bonds is 3.